The van der Waals surface area contributed by atoms with Crippen molar-refractivity contribution in [3.8, 4) is 5.75 Å². The van der Waals surface area contributed by atoms with Crippen LogP contribution in [0.25, 0.3) is 0 Å². The van der Waals surface area contributed by atoms with Gasteiger partial charge in [0, 0.05) is 11.1 Å². The lowest BCUT2D eigenvalue weighted by Gasteiger charge is -2.30. The van der Waals surface area contributed by atoms with Gasteiger partial charge in [0.15, 0.2) is 12.4 Å². The fraction of sp³-hybridized carbons (Fsp3) is 0.286. The number of hydrogen-bond donors (Lipinski definition) is 1. The number of oxime groups is 1. The number of fused-ring (bicyclic) bond motifs is 4. The van der Waals surface area contributed by atoms with Crippen LogP contribution in [0.4, 0.5) is 0 Å². The minimum Gasteiger partial charge on any atom is -0.497 e. The Morgan fingerprint density at radius 1 is 1.17 bits per heavy atom. The maximum Gasteiger partial charge on any atom is 0.271 e. The second-order valence-corrected chi connectivity index (χ2v) is 6.94. The number of amides is 1. The van der Waals surface area contributed by atoms with Gasteiger partial charge >= 0.3 is 0 Å². The summed E-state index contributed by atoms with van der Waals surface area (Å²) in [4.78, 5) is 18.1. The van der Waals surface area contributed by atoms with E-state index in [0.29, 0.717) is 17.9 Å². The number of carbonyl (C=O) groups is 1. The third-order valence-corrected chi connectivity index (χ3v) is 5.24. The van der Waals surface area contributed by atoms with Crippen LogP contribution < -0.4 is 10.2 Å². The second-order valence-electron chi connectivity index (χ2n) is 6.94. The third-order valence-electron chi connectivity index (χ3n) is 5.24. The molecular weight excluding hydrogens is 374 g/mol. The van der Waals surface area contributed by atoms with Crippen LogP contribution in [0.15, 0.2) is 64.9 Å². The molecule has 0 radical (unpaired) electrons. The van der Waals surface area contributed by atoms with Crippen LogP contribution in [0, 0.1) is 5.92 Å². The van der Waals surface area contributed by atoms with Crippen molar-refractivity contribution in [1.82, 2.24) is 5.43 Å². The molecule has 0 aromatic heterocycles. The molecule has 29 heavy (non-hydrogen) atoms. The smallest absolute Gasteiger partial charge is 0.271 e. The molecule has 2 aromatic rings. The summed E-state index contributed by atoms with van der Waals surface area (Å²) in [5.74, 6) is 0.173. The Morgan fingerprint density at radius 2 is 1.97 bits per heavy atom. The largest absolute Gasteiger partial charge is 0.497 e. The molecule has 5 rings (SSSR count). The van der Waals surface area contributed by atoms with E-state index in [2.05, 4.69) is 15.7 Å². The Kier molecular flexibility index (Phi) is 4.49. The molecule has 2 saturated heterocycles. The Labute approximate surface area is 167 Å². The molecule has 8 heteroatoms. The van der Waals surface area contributed by atoms with Gasteiger partial charge in [-0.2, -0.15) is 5.10 Å². The summed E-state index contributed by atoms with van der Waals surface area (Å²) in [6, 6.07) is 16.5. The zero-order valence-corrected chi connectivity index (χ0v) is 15.6. The highest BCUT2D eigenvalue weighted by Crippen LogP contribution is 2.38. The van der Waals surface area contributed by atoms with Crippen molar-refractivity contribution >= 4 is 17.3 Å². The standard InChI is InChI=1S/C21H19N3O5/c1-26-14-9-7-12(8-10-14)17-16-18(21-27-11-15(28-21)19(16)29-24-17)22-23-20(25)13-5-3-2-4-6-13/h2-10,15-16,19,21H,11H2,1H3,(H,23,25)/b22-18+/t15-,16-,19+,21+/m0/s1. The number of hydrogen-bond acceptors (Lipinski definition) is 7. The van der Waals surface area contributed by atoms with Crippen molar-refractivity contribution in [1.29, 1.82) is 0 Å². The van der Waals surface area contributed by atoms with Gasteiger partial charge in [0.25, 0.3) is 5.91 Å². The van der Waals surface area contributed by atoms with Gasteiger partial charge in [-0.3, -0.25) is 4.79 Å². The Balaban J connectivity index is 1.44. The SMILES string of the molecule is COc1ccc(C2=NO[C@@H]3[C@@H]4CO[C@H](O4)/C(=N/NC(=O)c4ccccc4)[C@H]23)cc1. The molecule has 2 aromatic carbocycles. The average molecular weight is 393 g/mol. The average Bonchev–Trinajstić information content (AvgIpc) is 3.40. The van der Waals surface area contributed by atoms with E-state index >= 15 is 0 Å². The summed E-state index contributed by atoms with van der Waals surface area (Å²) in [5.41, 5.74) is 5.29. The number of benzene rings is 2. The molecular formula is C21H19N3O5. The number of carbonyl (C=O) groups excluding carboxylic acids is 1. The highest BCUT2D eigenvalue weighted by Gasteiger charge is 2.55. The molecule has 3 heterocycles. The van der Waals surface area contributed by atoms with Crippen molar-refractivity contribution in [3.05, 3.63) is 65.7 Å². The summed E-state index contributed by atoms with van der Waals surface area (Å²) in [5, 5.41) is 8.68. The first-order valence-corrected chi connectivity index (χ1v) is 9.32. The summed E-state index contributed by atoms with van der Waals surface area (Å²) >= 11 is 0. The lowest BCUT2D eigenvalue weighted by atomic mass is 9.84. The van der Waals surface area contributed by atoms with Crippen molar-refractivity contribution in [2.75, 3.05) is 13.7 Å². The molecule has 1 N–H and O–H groups in total. The monoisotopic (exact) mass is 393 g/mol. The maximum absolute atomic E-state index is 12.4. The molecule has 148 valence electrons. The van der Waals surface area contributed by atoms with Crippen LogP contribution in [0.2, 0.25) is 0 Å². The highest BCUT2D eigenvalue weighted by atomic mass is 16.7. The Hall–Kier alpha value is -3.23. The van der Waals surface area contributed by atoms with Crippen LogP contribution >= 0.6 is 0 Å². The van der Waals surface area contributed by atoms with E-state index in [4.69, 9.17) is 19.0 Å². The number of methoxy groups -OCH3 is 1. The highest BCUT2D eigenvalue weighted by molar-refractivity contribution is 6.17. The first-order valence-electron chi connectivity index (χ1n) is 9.32. The van der Waals surface area contributed by atoms with Gasteiger partial charge < -0.3 is 19.0 Å². The predicted octanol–water partition coefficient (Wildman–Crippen LogP) is 1.96. The van der Waals surface area contributed by atoms with Crippen molar-refractivity contribution in [2.24, 2.45) is 16.2 Å². The van der Waals surface area contributed by atoms with Crippen LogP contribution in [0.1, 0.15) is 15.9 Å². The van der Waals surface area contributed by atoms with Crippen LogP contribution in [-0.2, 0) is 14.3 Å². The molecule has 3 aliphatic heterocycles. The molecule has 0 saturated carbocycles. The topological polar surface area (TPSA) is 90.7 Å². The molecule has 2 fully saturated rings. The van der Waals surface area contributed by atoms with Gasteiger partial charge in [0.1, 0.15) is 17.6 Å². The molecule has 0 aliphatic carbocycles. The molecule has 1 amide bonds. The fourth-order valence-corrected chi connectivity index (χ4v) is 3.76. The fourth-order valence-electron chi connectivity index (χ4n) is 3.76. The predicted molar refractivity (Wildman–Crippen MR) is 104 cm³/mol. The number of nitrogens with zero attached hydrogens (tertiary/aromatic N) is 2. The lowest BCUT2D eigenvalue weighted by molar-refractivity contribution is -0.0812. The molecule has 0 unspecified atom stereocenters. The van der Waals surface area contributed by atoms with Gasteiger partial charge in [-0.25, -0.2) is 5.43 Å². The Bertz CT molecular complexity index is 974. The van der Waals surface area contributed by atoms with E-state index in [1.54, 1.807) is 31.4 Å². The van der Waals surface area contributed by atoms with Gasteiger partial charge in [-0.05, 0) is 36.4 Å². The zero-order chi connectivity index (χ0) is 19.8. The van der Waals surface area contributed by atoms with Crippen LogP contribution in [-0.4, -0.2) is 49.5 Å². The normalized spacial score (nSPS) is 28.4. The zero-order valence-electron chi connectivity index (χ0n) is 15.6. The van der Waals surface area contributed by atoms with E-state index in [1.165, 1.54) is 0 Å². The van der Waals surface area contributed by atoms with Crippen LogP contribution in [0.3, 0.4) is 0 Å². The summed E-state index contributed by atoms with van der Waals surface area (Å²) in [6.07, 6.45) is -1.21. The number of nitrogens with one attached hydrogen (secondary N) is 1. The Morgan fingerprint density at radius 3 is 2.72 bits per heavy atom. The van der Waals surface area contributed by atoms with E-state index in [9.17, 15) is 4.79 Å². The first kappa shape index (κ1) is 17.8. The summed E-state index contributed by atoms with van der Waals surface area (Å²) in [6.45, 7) is 0.392. The van der Waals surface area contributed by atoms with Gasteiger partial charge in [0.2, 0.25) is 0 Å². The summed E-state index contributed by atoms with van der Waals surface area (Å²) in [7, 11) is 1.62. The minimum absolute atomic E-state index is 0.228. The minimum atomic E-state index is -0.637. The lowest BCUT2D eigenvalue weighted by Crippen LogP contribution is -2.49. The van der Waals surface area contributed by atoms with E-state index in [0.717, 1.165) is 17.0 Å². The van der Waals surface area contributed by atoms with Gasteiger partial charge in [0.05, 0.1) is 25.3 Å². The molecule has 8 nitrogen and oxygen atoms in total. The van der Waals surface area contributed by atoms with Gasteiger partial charge in [-0.15, -0.1) is 0 Å². The third kappa shape index (κ3) is 3.16. The summed E-state index contributed by atoms with van der Waals surface area (Å²) < 4.78 is 16.8. The quantitative estimate of drug-likeness (QED) is 0.802. The van der Waals surface area contributed by atoms with E-state index in [-0.39, 0.29) is 24.0 Å². The number of hydrazone groups is 1. The molecule has 3 aliphatic rings. The number of ether oxygens (including phenoxy) is 3. The van der Waals surface area contributed by atoms with Crippen LogP contribution in [0.5, 0.6) is 5.75 Å². The first-order chi connectivity index (χ1) is 14.2. The molecule has 2 bridgehead atoms. The maximum atomic E-state index is 12.4. The van der Waals surface area contributed by atoms with E-state index < -0.39 is 6.29 Å². The molecule has 0 spiro atoms. The molecule has 4 atom stereocenters. The van der Waals surface area contributed by atoms with E-state index in [1.807, 2.05) is 30.3 Å². The van der Waals surface area contributed by atoms with Crippen molar-refractivity contribution in [2.45, 2.75) is 18.5 Å². The number of rotatable bonds is 4. The van der Waals surface area contributed by atoms with Crippen molar-refractivity contribution in [3.63, 3.8) is 0 Å². The second kappa shape index (κ2) is 7.31. The van der Waals surface area contributed by atoms with Gasteiger partial charge in [-0.1, -0.05) is 23.4 Å². The van der Waals surface area contributed by atoms with Crippen molar-refractivity contribution < 1.29 is 23.8 Å².